The number of nitriles is 1. The first-order chi connectivity index (χ1) is 8.52. The van der Waals surface area contributed by atoms with E-state index in [4.69, 9.17) is 5.26 Å². The SMILES string of the molecule is CN1C(=O)c2ccccc2C(C)(C[Se]C#N)C1=O. The Bertz CT molecular complexity index is 564. The molecule has 92 valence electrons. The molecule has 5 heteroatoms. The first kappa shape index (κ1) is 12.8. The number of amides is 2. The van der Waals surface area contributed by atoms with Crippen LogP contribution in [0.2, 0.25) is 5.32 Å². The van der Waals surface area contributed by atoms with Crippen LogP contribution in [0.4, 0.5) is 0 Å². The first-order valence-corrected chi connectivity index (χ1v) is 7.52. The van der Waals surface area contributed by atoms with Crippen LogP contribution < -0.4 is 0 Å². The van der Waals surface area contributed by atoms with E-state index >= 15 is 0 Å². The summed E-state index contributed by atoms with van der Waals surface area (Å²) in [6.07, 6.45) is 0. The van der Waals surface area contributed by atoms with E-state index in [0.717, 1.165) is 10.5 Å². The molecule has 2 rings (SSSR count). The molecular formula is C13H12N2O2Se. The molecule has 1 unspecified atom stereocenters. The van der Waals surface area contributed by atoms with Crippen LogP contribution in [0.5, 0.6) is 0 Å². The second kappa shape index (κ2) is 4.56. The van der Waals surface area contributed by atoms with E-state index in [1.54, 1.807) is 12.1 Å². The van der Waals surface area contributed by atoms with Crippen molar-refractivity contribution in [1.29, 1.82) is 5.26 Å². The third-order valence-electron chi connectivity index (χ3n) is 3.26. The van der Waals surface area contributed by atoms with Gasteiger partial charge in [-0.25, -0.2) is 0 Å². The summed E-state index contributed by atoms with van der Waals surface area (Å²) < 4.78 is 0. The van der Waals surface area contributed by atoms with Crippen molar-refractivity contribution in [3.05, 3.63) is 35.4 Å². The summed E-state index contributed by atoms with van der Waals surface area (Å²) in [5.41, 5.74) is 0.556. The monoisotopic (exact) mass is 308 g/mol. The number of fused-ring (bicyclic) bond motifs is 1. The van der Waals surface area contributed by atoms with Crippen LogP contribution in [-0.4, -0.2) is 38.7 Å². The zero-order chi connectivity index (χ0) is 13.3. The van der Waals surface area contributed by atoms with Crippen molar-refractivity contribution in [1.82, 2.24) is 4.90 Å². The average molecular weight is 307 g/mol. The third kappa shape index (κ3) is 1.74. The van der Waals surface area contributed by atoms with E-state index in [9.17, 15) is 9.59 Å². The molecule has 1 atom stereocenters. The van der Waals surface area contributed by atoms with Gasteiger partial charge >= 0.3 is 112 Å². The Hall–Kier alpha value is -1.63. The van der Waals surface area contributed by atoms with Crippen LogP contribution in [-0.2, 0) is 10.2 Å². The van der Waals surface area contributed by atoms with Gasteiger partial charge in [0.1, 0.15) is 0 Å². The van der Waals surface area contributed by atoms with Gasteiger partial charge in [-0.1, -0.05) is 0 Å². The van der Waals surface area contributed by atoms with Gasteiger partial charge in [0.15, 0.2) is 0 Å². The summed E-state index contributed by atoms with van der Waals surface area (Å²) in [5, 5.41) is 9.24. The maximum atomic E-state index is 12.3. The topological polar surface area (TPSA) is 61.2 Å². The second-order valence-corrected chi connectivity index (χ2v) is 6.02. The van der Waals surface area contributed by atoms with Gasteiger partial charge < -0.3 is 0 Å². The number of carbonyl (C=O) groups is 2. The van der Waals surface area contributed by atoms with E-state index in [-0.39, 0.29) is 26.8 Å². The van der Waals surface area contributed by atoms with E-state index < -0.39 is 5.41 Å². The number of imide groups is 1. The molecule has 0 fully saturated rings. The number of benzene rings is 1. The van der Waals surface area contributed by atoms with Crippen LogP contribution >= 0.6 is 0 Å². The standard InChI is InChI=1S/C13H12N2O2Se/c1-13(7-18-8-14)10-6-4-3-5-9(10)11(16)15(2)12(13)17/h3-6H,7H2,1-2H3. The van der Waals surface area contributed by atoms with Crippen molar-refractivity contribution in [2.45, 2.75) is 17.7 Å². The summed E-state index contributed by atoms with van der Waals surface area (Å²) in [4.78, 5) is 27.7. The van der Waals surface area contributed by atoms with Crippen molar-refractivity contribution in [3.8, 4) is 4.97 Å². The fourth-order valence-electron chi connectivity index (χ4n) is 2.23. The molecule has 0 spiro atoms. The van der Waals surface area contributed by atoms with Crippen molar-refractivity contribution in [2.75, 3.05) is 7.05 Å². The predicted molar refractivity (Wildman–Crippen MR) is 67.1 cm³/mol. The van der Waals surface area contributed by atoms with Gasteiger partial charge in [-0.3, -0.25) is 0 Å². The summed E-state index contributed by atoms with van der Waals surface area (Å²) in [6.45, 7) is 1.82. The van der Waals surface area contributed by atoms with Crippen molar-refractivity contribution >= 4 is 26.8 Å². The molecule has 0 radical (unpaired) electrons. The molecule has 0 saturated heterocycles. The molecule has 1 aromatic carbocycles. The van der Waals surface area contributed by atoms with Crippen LogP contribution in [0.3, 0.4) is 0 Å². The van der Waals surface area contributed by atoms with Crippen LogP contribution in [0.1, 0.15) is 22.8 Å². The number of carbonyl (C=O) groups excluding carboxylic acids is 2. The molecule has 0 saturated carbocycles. The summed E-state index contributed by atoms with van der Waals surface area (Å²) in [5.74, 6) is -0.485. The summed E-state index contributed by atoms with van der Waals surface area (Å²) in [7, 11) is 1.50. The van der Waals surface area contributed by atoms with Gasteiger partial charge in [-0.05, 0) is 0 Å². The van der Waals surface area contributed by atoms with E-state index in [1.807, 2.05) is 19.1 Å². The van der Waals surface area contributed by atoms with Crippen molar-refractivity contribution < 1.29 is 9.59 Å². The molecular weight excluding hydrogens is 295 g/mol. The average Bonchev–Trinajstić information content (AvgIpc) is 2.41. The normalized spacial score (nSPS) is 22.6. The molecule has 0 aliphatic carbocycles. The Morgan fingerprint density at radius 1 is 1.39 bits per heavy atom. The van der Waals surface area contributed by atoms with Crippen LogP contribution in [0.15, 0.2) is 24.3 Å². The van der Waals surface area contributed by atoms with Gasteiger partial charge in [-0.2, -0.15) is 0 Å². The van der Waals surface area contributed by atoms with Gasteiger partial charge in [0.2, 0.25) is 0 Å². The zero-order valence-electron chi connectivity index (χ0n) is 10.1. The number of hydrogen-bond acceptors (Lipinski definition) is 3. The maximum absolute atomic E-state index is 12.3. The quantitative estimate of drug-likeness (QED) is 0.608. The first-order valence-electron chi connectivity index (χ1n) is 5.45. The van der Waals surface area contributed by atoms with E-state index in [1.165, 1.54) is 7.05 Å². The molecule has 0 bridgehead atoms. The fourth-order valence-corrected chi connectivity index (χ4v) is 3.55. The summed E-state index contributed by atoms with van der Waals surface area (Å²) in [6, 6.07) is 7.16. The predicted octanol–water partition coefficient (Wildman–Crippen LogP) is 1.16. The number of nitrogens with zero attached hydrogens (tertiary/aromatic N) is 2. The summed E-state index contributed by atoms with van der Waals surface area (Å²) >= 11 is -0.265. The molecule has 18 heavy (non-hydrogen) atoms. The molecule has 4 nitrogen and oxygen atoms in total. The number of rotatable bonds is 2. The molecule has 1 aliphatic rings. The zero-order valence-corrected chi connectivity index (χ0v) is 11.8. The van der Waals surface area contributed by atoms with Gasteiger partial charge in [0, 0.05) is 0 Å². The third-order valence-corrected chi connectivity index (χ3v) is 5.04. The van der Waals surface area contributed by atoms with E-state index in [0.29, 0.717) is 10.9 Å². The van der Waals surface area contributed by atoms with Crippen molar-refractivity contribution in [3.63, 3.8) is 0 Å². The molecule has 1 heterocycles. The Balaban J connectivity index is 2.59. The molecule has 1 aromatic rings. The molecule has 2 amide bonds. The van der Waals surface area contributed by atoms with Gasteiger partial charge in [0.05, 0.1) is 0 Å². The molecule has 0 aromatic heterocycles. The Labute approximate surface area is 112 Å². The minimum atomic E-state index is -0.755. The van der Waals surface area contributed by atoms with Gasteiger partial charge in [0.25, 0.3) is 0 Å². The van der Waals surface area contributed by atoms with E-state index in [2.05, 4.69) is 4.97 Å². The van der Waals surface area contributed by atoms with Crippen LogP contribution in [0, 0.1) is 10.2 Å². The Kier molecular flexibility index (Phi) is 3.25. The molecule has 0 N–H and O–H groups in total. The Morgan fingerprint density at radius 2 is 2.06 bits per heavy atom. The Morgan fingerprint density at radius 3 is 2.72 bits per heavy atom. The van der Waals surface area contributed by atoms with Crippen molar-refractivity contribution in [2.24, 2.45) is 0 Å². The number of hydrogen-bond donors (Lipinski definition) is 0. The number of likely N-dealkylation sites (N-methyl/N-ethyl adjacent to an activating group) is 1. The minimum absolute atomic E-state index is 0.219. The second-order valence-electron chi connectivity index (χ2n) is 4.43. The van der Waals surface area contributed by atoms with Crippen LogP contribution in [0.25, 0.3) is 0 Å². The molecule has 1 aliphatic heterocycles. The fraction of sp³-hybridized carbons (Fsp3) is 0.308. The van der Waals surface area contributed by atoms with Gasteiger partial charge in [-0.15, -0.1) is 0 Å².